The average molecular weight is 361 g/mol. The SMILES string of the molecule is CC(C)(C)NCc1cccc(Cl)c1.CC(C)(C)NCc1ccccc1. The van der Waals surface area contributed by atoms with Crippen LogP contribution in [0.3, 0.4) is 0 Å². The van der Waals surface area contributed by atoms with E-state index < -0.39 is 0 Å². The van der Waals surface area contributed by atoms with E-state index >= 15 is 0 Å². The van der Waals surface area contributed by atoms with E-state index in [1.807, 2.05) is 24.3 Å². The van der Waals surface area contributed by atoms with Crippen LogP contribution in [0, 0.1) is 0 Å². The third-order valence-electron chi connectivity index (χ3n) is 3.38. The third kappa shape index (κ3) is 11.8. The summed E-state index contributed by atoms with van der Waals surface area (Å²) in [5, 5.41) is 7.64. The molecule has 0 atom stereocenters. The molecule has 0 bridgehead atoms. The smallest absolute Gasteiger partial charge is 0.0409 e. The molecule has 0 unspecified atom stereocenters. The zero-order chi connectivity index (χ0) is 18.9. The normalized spacial score (nSPS) is 11.6. The molecule has 0 saturated heterocycles. The maximum absolute atomic E-state index is 5.87. The van der Waals surface area contributed by atoms with Crippen molar-refractivity contribution in [2.75, 3.05) is 0 Å². The first kappa shape index (κ1) is 21.7. The van der Waals surface area contributed by atoms with Gasteiger partial charge in [0.25, 0.3) is 0 Å². The number of rotatable bonds is 4. The van der Waals surface area contributed by atoms with Crippen molar-refractivity contribution in [2.24, 2.45) is 0 Å². The van der Waals surface area contributed by atoms with Gasteiger partial charge in [0.15, 0.2) is 0 Å². The molecule has 25 heavy (non-hydrogen) atoms. The molecule has 2 N–H and O–H groups in total. The second kappa shape index (κ2) is 9.96. The van der Waals surface area contributed by atoms with Crippen LogP contribution in [-0.2, 0) is 13.1 Å². The largest absolute Gasteiger partial charge is 0.308 e. The van der Waals surface area contributed by atoms with Crippen molar-refractivity contribution in [2.45, 2.75) is 65.7 Å². The molecule has 2 rings (SSSR count). The molecule has 2 aromatic rings. The molecule has 0 aliphatic rings. The fourth-order valence-corrected chi connectivity index (χ4v) is 2.19. The lowest BCUT2D eigenvalue weighted by atomic mass is 10.1. The summed E-state index contributed by atoms with van der Waals surface area (Å²) in [6.07, 6.45) is 0. The van der Waals surface area contributed by atoms with Crippen LogP contribution >= 0.6 is 11.6 Å². The Bertz CT molecular complexity index is 610. The van der Waals surface area contributed by atoms with Gasteiger partial charge in [0.05, 0.1) is 0 Å². The highest BCUT2D eigenvalue weighted by Crippen LogP contribution is 2.11. The first-order chi connectivity index (χ1) is 11.6. The fourth-order valence-electron chi connectivity index (χ4n) is 1.98. The summed E-state index contributed by atoms with van der Waals surface area (Å²) in [5.74, 6) is 0. The molecule has 2 nitrogen and oxygen atoms in total. The van der Waals surface area contributed by atoms with Crippen molar-refractivity contribution in [3.05, 3.63) is 70.7 Å². The van der Waals surface area contributed by atoms with Gasteiger partial charge >= 0.3 is 0 Å². The predicted molar refractivity (Wildman–Crippen MR) is 111 cm³/mol. The summed E-state index contributed by atoms with van der Waals surface area (Å²) < 4.78 is 0. The Hall–Kier alpha value is -1.35. The quantitative estimate of drug-likeness (QED) is 0.719. The number of nitrogens with one attached hydrogen (secondary N) is 2. The number of hydrogen-bond acceptors (Lipinski definition) is 2. The molecule has 0 aliphatic carbocycles. The molecule has 0 spiro atoms. The Morgan fingerprint density at radius 3 is 1.64 bits per heavy atom. The van der Waals surface area contributed by atoms with Crippen molar-refractivity contribution in [1.82, 2.24) is 10.6 Å². The summed E-state index contributed by atoms with van der Waals surface area (Å²) >= 11 is 5.87. The second-order valence-electron chi connectivity index (χ2n) is 8.32. The first-order valence-corrected chi connectivity index (χ1v) is 9.21. The molecule has 0 amide bonds. The lowest BCUT2D eigenvalue weighted by Gasteiger charge is -2.20. The molecule has 2 aromatic carbocycles. The summed E-state index contributed by atoms with van der Waals surface area (Å²) in [7, 11) is 0. The Morgan fingerprint density at radius 1 is 0.680 bits per heavy atom. The zero-order valence-corrected chi connectivity index (χ0v) is 17.2. The zero-order valence-electron chi connectivity index (χ0n) is 16.5. The molecule has 0 saturated carbocycles. The summed E-state index contributed by atoms with van der Waals surface area (Å²) in [5.41, 5.74) is 2.92. The van der Waals surface area contributed by atoms with Gasteiger partial charge in [-0.3, -0.25) is 0 Å². The van der Waals surface area contributed by atoms with Crippen molar-refractivity contribution in [3.63, 3.8) is 0 Å². The summed E-state index contributed by atoms with van der Waals surface area (Å²) in [6.45, 7) is 14.8. The van der Waals surface area contributed by atoms with E-state index in [9.17, 15) is 0 Å². The minimum absolute atomic E-state index is 0.155. The molecule has 138 valence electrons. The first-order valence-electron chi connectivity index (χ1n) is 8.84. The van der Waals surface area contributed by atoms with Gasteiger partial charge in [-0.1, -0.05) is 54.1 Å². The van der Waals surface area contributed by atoms with Gasteiger partial charge in [0, 0.05) is 29.2 Å². The van der Waals surface area contributed by atoms with Gasteiger partial charge in [0.2, 0.25) is 0 Å². The molecule has 0 heterocycles. The number of benzene rings is 2. The Balaban J connectivity index is 0.000000251. The standard InChI is InChI=1S/C11H16ClN.C11H17N/c1-11(2,3)13-8-9-5-4-6-10(12)7-9;1-11(2,3)12-9-10-7-5-4-6-8-10/h4-7,13H,8H2,1-3H3;4-8,12H,9H2,1-3H3. The van der Waals surface area contributed by atoms with Gasteiger partial charge in [-0.2, -0.15) is 0 Å². The number of hydrogen-bond donors (Lipinski definition) is 2. The number of halogens is 1. The Kier molecular flexibility index (Phi) is 8.64. The maximum Gasteiger partial charge on any atom is 0.0409 e. The minimum Gasteiger partial charge on any atom is -0.308 e. The average Bonchev–Trinajstić information content (AvgIpc) is 2.52. The van der Waals surface area contributed by atoms with E-state index in [4.69, 9.17) is 11.6 Å². The van der Waals surface area contributed by atoms with E-state index in [-0.39, 0.29) is 11.1 Å². The van der Waals surface area contributed by atoms with Crippen LogP contribution in [0.4, 0.5) is 0 Å². The molecular formula is C22H33ClN2. The van der Waals surface area contributed by atoms with Crippen LogP contribution in [-0.4, -0.2) is 11.1 Å². The molecule has 0 aliphatic heterocycles. The Labute approximate surface area is 159 Å². The van der Waals surface area contributed by atoms with Crippen molar-refractivity contribution in [1.29, 1.82) is 0 Å². The van der Waals surface area contributed by atoms with Crippen molar-refractivity contribution in [3.8, 4) is 0 Å². The van der Waals surface area contributed by atoms with Crippen LogP contribution in [0.25, 0.3) is 0 Å². The minimum atomic E-state index is 0.155. The van der Waals surface area contributed by atoms with E-state index in [2.05, 4.69) is 82.5 Å². The molecular weight excluding hydrogens is 328 g/mol. The van der Waals surface area contributed by atoms with E-state index in [0.29, 0.717) is 0 Å². The highest BCUT2D eigenvalue weighted by Gasteiger charge is 2.08. The van der Waals surface area contributed by atoms with E-state index in [1.165, 1.54) is 11.1 Å². The fraction of sp³-hybridized carbons (Fsp3) is 0.455. The van der Waals surface area contributed by atoms with Gasteiger partial charge in [-0.25, -0.2) is 0 Å². The van der Waals surface area contributed by atoms with Crippen molar-refractivity contribution >= 4 is 11.6 Å². The van der Waals surface area contributed by atoms with Crippen LogP contribution in [0.2, 0.25) is 5.02 Å². The molecule has 0 radical (unpaired) electrons. The molecule has 0 aromatic heterocycles. The van der Waals surface area contributed by atoms with Gasteiger partial charge in [-0.05, 0) is 64.8 Å². The highest BCUT2D eigenvalue weighted by atomic mass is 35.5. The molecule has 0 fully saturated rings. The van der Waals surface area contributed by atoms with Gasteiger partial charge in [0.1, 0.15) is 0 Å². The lowest BCUT2D eigenvalue weighted by molar-refractivity contribution is 0.424. The highest BCUT2D eigenvalue weighted by molar-refractivity contribution is 6.30. The van der Waals surface area contributed by atoms with Crippen molar-refractivity contribution < 1.29 is 0 Å². The van der Waals surface area contributed by atoms with Crippen LogP contribution < -0.4 is 10.6 Å². The lowest BCUT2D eigenvalue weighted by Crippen LogP contribution is -2.35. The van der Waals surface area contributed by atoms with Crippen LogP contribution in [0.15, 0.2) is 54.6 Å². The molecule has 3 heteroatoms. The monoisotopic (exact) mass is 360 g/mol. The van der Waals surface area contributed by atoms with E-state index in [1.54, 1.807) is 0 Å². The van der Waals surface area contributed by atoms with Crippen LogP contribution in [0.5, 0.6) is 0 Å². The predicted octanol–water partition coefficient (Wildman–Crippen LogP) is 5.80. The second-order valence-corrected chi connectivity index (χ2v) is 8.76. The topological polar surface area (TPSA) is 24.1 Å². The third-order valence-corrected chi connectivity index (χ3v) is 3.61. The summed E-state index contributed by atoms with van der Waals surface area (Å²) in [4.78, 5) is 0. The van der Waals surface area contributed by atoms with Gasteiger partial charge < -0.3 is 10.6 Å². The van der Waals surface area contributed by atoms with Crippen LogP contribution in [0.1, 0.15) is 52.7 Å². The maximum atomic E-state index is 5.87. The van der Waals surface area contributed by atoms with Gasteiger partial charge in [-0.15, -0.1) is 0 Å². The Morgan fingerprint density at radius 2 is 1.16 bits per heavy atom. The summed E-state index contributed by atoms with van der Waals surface area (Å²) in [6, 6.07) is 18.4. The van der Waals surface area contributed by atoms with E-state index in [0.717, 1.165) is 18.1 Å².